The van der Waals surface area contributed by atoms with Gasteiger partial charge in [-0.15, -0.1) is 0 Å². The van der Waals surface area contributed by atoms with Crippen molar-refractivity contribution in [1.82, 2.24) is 15.3 Å². The van der Waals surface area contributed by atoms with Crippen molar-refractivity contribution in [2.45, 2.75) is 25.8 Å². The number of anilines is 1. The van der Waals surface area contributed by atoms with Crippen LogP contribution in [0.3, 0.4) is 0 Å². The molecule has 3 rings (SSSR count). The zero-order chi connectivity index (χ0) is 17.5. The topological polar surface area (TPSA) is 58.1 Å². The summed E-state index contributed by atoms with van der Waals surface area (Å²) in [6, 6.07) is 9.14. The molecule has 0 saturated carbocycles. The Hall–Kier alpha value is -2.40. The molecular weight excluding hydrogens is 336 g/mol. The Labute approximate surface area is 152 Å². The van der Waals surface area contributed by atoms with Gasteiger partial charge in [0.2, 0.25) is 11.9 Å². The van der Waals surface area contributed by atoms with Gasteiger partial charge in [-0.25, -0.2) is 9.97 Å². The first-order valence-corrected chi connectivity index (χ1v) is 8.87. The van der Waals surface area contributed by atoms with Gasteiger partial charge in [-0.1, -0.05) is 23.7 Å². The summed E-state index contributed by atoms with van der Waals surface area (Å²) in [5.41, 5.74) is 1.73. The highest BCUT2D eigenvalue weighted by Crippen LogP contribution is 2.15. The van der Waals surface area contributed by atoms with Crippen LogP contribution in [0.4, 0.5) is 5.95 Å². The maximum absolute atomic E-state index is 12.0. The van der Waals surface area contributed by atoms with Crippen LogP contribution in [0.15, 0.2) is 42.6 Å². The molecule has 6 heteroatoms. The third-order valence-corrected chi connectivity index (χ3v) is 4.33. The summed E-state index contributed by atoms with van der Waals surface area (Å²) >= 11 is 5.84. The minimum atomic E-state index is -0.159. The number of nitrogens with zero attached hydrogens (tertiary/aromatic N) is 3. The van der Waals surface area contributed by atoms with E-state index in [2.05, 4.69) is 20.2 Å². The Morgan fingerprint density at radius 1 is 1.16 bits per heavy atom. The van der Waals surface area contributed by atoms with E-state index < -0.39 is 0 Å². The van der Waals surface area contributed by atoms with E-state index in [0.29, 0.717) is 11.6 Å². The van der Waals surface area contributed by atoms with Crippen LogP contribution in [0, 0.1) is 0 Å². The van der Waals surface area contributed by atoms with Gasteiger partial charge in [-0.2, -0.15) is 0 Å². The molecule has 2 heterocycles. The predicted octanol–water partition coefficient (Wildman–Crippen LogP) is 3.45. The van der Waals surface area contributed by atoms with E-state index in [9.17, 15) is 4.79 Å². The summed E-state index contributed by atoms with van der Waals surface area (Å²) < 4.78 is 0. The fourth-order valence-electron chi connectivity index (χ4n) is 2.71. The van der Waals surface area contributed by atoms with E-state index in [1.807, 2.05) is 18.2 Å². The second-order valence-corrected chi connectivity index (χ2v) is 6.43. The Balaban J connectivity index is 1.54. The molecule has 0 atom stereocenters. The monoisotopic (exact) mass is 356 g/mol. The molecule has 2 aromatic rings. The van der Waals surface area contributed by atoms with Gasteiger partial charge in [0.15, 0.2) is 0 Å². The highest BCUT2D eigenvalue weighted by molar-refractivity contribution is 6.30. The average molecular weight is 357 g/mol. The summed E-state index contributed by atoms with van der Waals surface area (Å²) in [5, 5.41) is 3.53. The molecule has 130 valence electrons. The first kappa shape index (κ1) is 17.4. The van der Waals surface area contributed by atoms with E-state index in [-0.39, 0.29) is 5.91 Å². The Morgan fingerprint density at radius 2 is 1.92 bits per heavy atom. The molecule has 5 nitrogen and oxygen atoms in total. The number of amides is 1. The Kier molecular flexibility index (Phi) is 6.01. The third kappa shape index (κ3) is 5.29. The molecule has 0 aliphatic carbocycles. The molecule has 0 unspecified atom stereocenters. The first-order valence-electron chi connectivity index (χ1n) is 8.49. The van der Waals surface area contributed by atoms with Crippen molar-refractivity contribution in [3.05, 3.63) is 58.9 Å². The number of piperidine rings is 1. The molecule has 0 spiro atoms. The van der Waals surface area contributed by atoms with Crippen molar-refractivity contribution in [2.75, 3.05) is 18.0 Å². The lowest BCUT2D eigenvalue weighted by Crippen LogP contribution is -2.31. The van der Waals surface area contributed by atoms with Gasteiger partial charge >= 0.3 is 0 Å². The lowest BCUT2D eigenvalue weighted by Gasteiger charge is -2.26. The van der Waals surface area contributed by atoms with E-state index in [4.69, 9.17) is 11.6 Å². The molecule has 1 aromatic heterocycles. The van der Waals surface area contributed by atoms with Crippen molar-refractivity contribution >= 4 is 29.5 Å². The van der Waals surface area contributed by atoms with Crippen molar-refractivity contribution in [3.63, 3.8) is 0 Å². The van der Waals surface area contributed by atoms with Gasteiger partial charge < -0.3 is 10.2 Å². The maximum atomic E-state index is 12.0. The summed E-state index contributed by atoms with van der Waals surface area (Å²) in [7, 11) is 0. The third-order valence-electron chi connectivity index (χ3n) is 4.08. The second-order valence-electron chi connectivity index (χ2n) is 6.00. The predicted molar refractivity (Wildman–Crippen MR) is 100 cm³/mol. The van der Waals surface area contributed by atoms with Crippen LogP contribution < -0.4 is 10.2 Å². The molecule has 0 bridgehead atoms. The lowest BCUT2D eigenvalue weighted by atomic mass is 10.1. The highest BCUT2D eigenvalue weighted by atomic mass is 35.5. The average Bonchev–Trinajstić information content (AvgIpc) is 2.67. The zero-order valence-electron chi connectivity index (χ0n) is 14.0. The van der Waals surface area contributed by atoms with E-state index in [1.165, 1.54) is 25.3 Å². The summed E-state index contributed by atoms with van der Waals surface area (Å²) in [6.45, 7) is 2.38. The molecule has 1 fully saturated rings. The van der Waals surface area contributed by atoms with Crippen LogP contribution in [-0.4, -0.2) is 29.0 Å². The number of nitrogens with one attached hydrogen (secondary N) is 1. The SMILES string of the molecule is O=C(/C=C/c1ccc(Cl)cc1)NCc1ccnc(N2CCCCC2)n1. The van der Waals surface area contributed by atoms with Gasteiger partial charge in [0, 0.05) is 30.4 Å². The van der Waals surface area contributed by atoms with E-state index in [1.54, 1.807) is 24.4 Å². The van der Waals surface area contributed by atoms with Crippen molar-refractivity contribution in [3.8, 4) is 0 Å². The van der Waals surface area contributed by atoms with Gasteiger partial charge in [0.25, 0.3) is 0 Å². The number of carbonyl (C=O) groups is 1. The summed E-state index contributed by atoms with van der Waals surface area (Å²) in [5.74, 6) is 0.594. The van der Waals surface area contributed by atoms with E-state index in [0.717, 1.165) is 30.3 Å². The molecular formula is C19H21ClN4O. The molecule has 1 aromatic carbocycles. The zero-order valence-corrected chi connectivity index (χ0v) is 14.7. The van der Waals surface area contributed by atoms with Crippen LogP contribution in [0.5, 0.6) is 0 Å². The number of hydrogen-bond donors (Lipinski definition) is 1. The van der Waals surface area contributed by atoms with Crippen LogP contribution in [0.25, 0.3) is 6.08 Å². The van der Waals surface area contributed by atoms with Gasteiger partial charge in [-0.05, 0) is 49.1 Å². The molecule has 0 radical (unpaired) electrons. The first-order chi connectivity index (χ1) is 12.2. The fourth-order valence-corrected chi connectivity index (χ4v) is 2.84. The standard InChI is InChI=1S/C19H21ClN4O/c20-16-7-4-15(5-8-16)6-9-18(25)22-14-17-10-11-21-19(23-17)24-12-2-1-3-13-24/h4-11H,1-3,12-14H2,(H,22,25)/b9-6+. The molecule has 25 heavy (non-hydrogen) atoms. The maximum Gasteiger partial charge on any atom is 0.244 e. The molecule has 1 N–H and O–H groups in total. The van der Waals surface area contributed by atoms with Gasteiger partial charge in [0.05, 0.1) is 12.2 Å². The number of rotatable bonds is 5. The molecule has 1 saturated heterocycles. The fraction of sp³-hybridized carbons (Fsp3) is 0.316. The van der Waals surface area contributed by atoms with Gasteiger partial charge in [0.1, 0.15) is 0 Å². The van der Waals surface area contributed by atoms with Crippen molar-refractivity contribution < 1.29 is 4.79 Å². The molecule has 1 amide bonds. The lowest BCUT2D eigenvalue weighted by molar-refractivity contribution is -0.116. The van der Waals surface area contributed by atoms with E-state index >= 15 is 0 Å². The Morgan fingerprint density at radius 3 is 2.68 bits per heavy atom. The van der Waals surface area contributed by atoms with Gasteiger partial charge in [-0.3, -0.25) is 4.79 Å². The second kappa shape index (κ2) is 8.62. The molecule has 1 aliphatic rings. The van der Waals surface area contributed by atoms with Crippen LogP contribution in [0.1, 0.15) is 30.5 Å². The number of hydrogen-bond acceptors (Lipinski definition) is 4. The molecule has 1 aliphatic heterocycles. The normalized spacial score (nSPS) is 14.7. The summed E-state index contributed by atoms with van der Waals surface area (Å²) in [4.78, 5) is 23.1. The Bertz CT molecular complexity index is 739. The minimum absolute atomic E-state index is 0.159. The quantitative estimate of drug-likeness (QED) is 0.834. The highest BCUT2D eigenvalue weighted by Gasteiger charge is 2.13. The largest absolute Gasteiger partial charge is 0.347 e. The van der Waals surface area contributed by atoms with Crippen LogP contribution in [0.2, 0.25) is 5.02 Å². The van der Waals surface area contributed by atoms with Crippen molar-refractivity contribution in [1.29, 1.82) is 0 Å². The van der Waals surface area contributed by atoms with Crippen LogP contribution in [-0.2, 0) is 11.3 Å². The van der Waals surface area contributed by atoms with Crippen LogP contribution >= 0.6 is 11.6 Å². The number of halogens is 1. The summed E-state index contributed by atoms with van der Waals surface area (Å²) in [6.07, 6.45) is 8.65. The van der Waals surface area contributed by atoms with Crippen molar-refractivity contribution in [2.24, 2.45) is 0 Å². The number of carbonyl (C=O) groups excluding carboxylic acids is 1. The number of benzene rings is 1. The number of aromatic nitrogens is 2. The minimum Gasteiger partial charge on any atom is -0.347 e. The smallest absolute Gasteiger partial charge is 0.244 e.